The Kier molecular flexibility index (Phi) is 14.6. The molecule has 0 aromatic carbocycles. The molecule has 0 aromatic rings. The van der Waals surface area contributed by atoms with Crippen molar-refractivity contribution in [2.75, 3.05) is 0 Å². The summed E-state index contributed by atoms with van der Waals surface area (Å²) >= 11 is 0. The second kappa shape index (κ2) is 14.5. The smallest absolute Gasteiger partial charge is 0.338 e. The van der Waals surface area contributed by atoms with Gasteiger partial charge in [0.25, 0.3) is 0 Å². The molecule has 0 aliphatic rings. The van der Waals surface area contributed by atoms with Gasteiger partial charge in [-0.25, -0.2) is 0 Å². The SMILES string of the molecule is CCCCC(CCC)O[Si](CC)(CC)OC(CCC)CCCC. The predicted molar refractivity (Wildman–Crippen MR) is 105 cm³/mol. The maximum absolute atomic E-state index is 6.75. The maximum atomic E-state index is 6.75. The van der Waals surface area contributed by atoms with Crippen LogP contribution in [0.3, 0.4) is 0 Å². The second-order valence-electron chi connectivity index (χ2n) is 6.96. The molecule has 0 rings (SSSR count). The van der Waals surface area contributed by atoms with E-state index in [0.29, 0.717) is 12.2 Å². The third kappa shape index (κ3) is 9.88. The molecule has 2 nitrogen and oxygen atoms in total. The van der Waals surface area contributed by atoms with Gasteiger partial charge in [0.2, 0.25) is 0 Å². The van der Waals surface area contributed by atoms with Crippen molar-refractivity contribution in [3.8, 4) is 0 Å². The van der Waals surface area contributed by atoms with Crippen LogP contribution in [0.15, 0.2) is 0 Å². The van der Waals surface area contributed by atoms with Gasteiger partial charge < -0.3 is 8.85 Å². The highest BCUT2D eigenvalue weighted by molar-refractivity contribution is 6.67. The van der Waals surface area contributed by atoms with E-state index in [1.54, 1.807) is 0 Å². The van der Waals surface area contributed by atoms with E-state index in [0.717, 1.165) is 12.1 Å². The van der Waals surface area contributed by atoms with E-state index in [2.05, 4.69) is 41.5 Å². The van der Waals surface area contributed by atoms with Gasteiger partial charge in [-0.3, -0.25) is 0 Å². The predicted octanol–water partition coefficient (Wildman–Crippen LogP) is 7.22. The van der Waals surface area contributed by atoms with Gasteiger partial charge in [-0.15, -0.1) is 0 Å². The Bertz CT molecular complexity index is 232. The Morgan fingerprint density at radius 2 is 0.957 bits per heavy atom. The Hall–Kier alpha value is 0.137. The molecule has 0 aliphatic carbocycles. The summed E-state index contributed by atoms with van der Waals surface area (Å²) in [6, 6.07) is 2.17. The molecule has 0 spiro atoms. The van der Waals surface area contributed by atoms with Crippen molar-refractivity contribution < 1.29 is 8.85 Å². The van der Waals surface area contributed by atoms with Crippen LogP contribution in [0.5, 0.6) is 0 Å². The fourth-order valence-electron chi connectivity index (χ4n) is 3.25. The van der Waals surface area contributed by atoms with Gasteiger partial charge >= 0.3 is 8.56 Å². The summed E-state index contributed by atoms with van der Waals surface area (Å²) in [5.41, 5.74) is 0. The van der Waals surface area contributed by atoms with Crippen LogP contribution in [0.4, 0.5) is 0 Å². The fourth-order valence-corrected chi connectivity index (χ4v) is 6.16. The van der Waals surface area contributed by atoms with Crippen LogP contribution in [0.1, 0.15) is 106 Å². The van der Waals surface area contributed by atoms with Crippen LogP contribution >= 0.6 is 0 Å². The second-order valence-corrected chi connectivity index (χ2v) is 10.7. The average Bonchev–Trinajstić information content (AvgIpc) is 2.57. The van der Waals surface area contributed by atoms with E-state index in [1.165, 1.54) is 64.2 Å². The lowest BCUT2D eigenvalue weighted by Crippen LogP contribution is -2.46. The molecule has 2 unspecified atom stereocenters. The summed E-state index contributed by atoms with van der Waals surface area (Å²) < 4.78 is 13.5. The summed E-state index contributed by atoms with van der Waals surface area (Å²) in [5, 5.41) is 0. The standard InChI is InChI=1S/C20H44O2Si/c1-7-13-17-19(15-9-3)21-23(11-5,12-6)22-20(16-10-4)18-14-8-2/h19-20H,7-18H2,1-6H3. The minimum atomic E-state index is -2.04. The van der Waals surface area contributed by atoms with Crippen LogP contribution in [-0.2, 0) is 8.85 Å². The van der Waals surface area contributed by atoms with E-state index in [-0.39, 0.29) is 0 Å². The first-order chi connectivity index (χ1) is 11.1. The fraction of sp³-hybridized carbons (Fsp3) is 1.00. The number of hydrogen-bond donors (Lipinski definition) is 0. The van der Waals surface area contributed by atoms with Crippen molar-refractivity contribution in [3.63, 3.8) is 0 Å². The molecule has 0 radical (unpaired) electrons. The van der Waals surface area contributed by atoms with E-state index < -0.39 is 8.56 Å². The molecule has 0 amide bonds. The van der Waals surface area contributed by atoms with Crippen LogP contribution in [0, 0.1) is 0 Å². The van der Waals surface area contributed by atoms with Gasteiger partial charge in [0, 0.05) is 12.2 Å². The van der Waals surface area contributed by atoms with Gasteiger partial charge in [0.15, 0.2) is 0 Å². The molecule has 3 heteroatoms. The Balaban J connectivity index is 4.88. The number of rotatable bonds is 16. The zero-order chi connectivity index (χ0) is 17.6. The van der Waals surface area contributed by atoms with Gasteiger partial charge in [0.05, 0.1) is 0 Å². The van der Waals surface area contributed by atoms with Gasteiger partial charge in [-0.2, -0.15) is 0 Å². The van der Waals surface area contributed by atoms with Crippen molar-refractivity contribution in [1.82, 2.24) is 0 Å². The molecular formula is C20H44O2Si. The molecule has 23 heavy (non-hydrogen) atoms. The molecule has 0 aliphatic heterocycles. The Morgan fingerprint density at radius 1 is 0.565 bits per heavy atom. The molecule has 0 saturated carbocycles. The van der Waals surface area contributed by atoms with E-state index in [9.17, 15) is 0 Å². The minimum Gasteiger partial charge on any atom is -0.391 e. The Labute approximate surface area is 148 Å². The van der Waals surface area contributed by atoms with Crippen LogP contribution in [-0.4, -0.2) is 20.8 Å². The number of hydrogen-bond acceptors (Lipinski definition) is 2. The lowest BCUT2D eigenvalue weighted by molar-refractivity contribution is 0.0605. The highest BCUT2D eigenvalue weighted by Crippen LogP contribution is 2.28. The quantitative estimate of drug-likeness (QED) is 0.275. The van der Waals surface area contributed by atoms with E-state index in [4.69, 9.17) is 8.85 Å². The van der Waals surface area contributed by atoms with Gasteiger partial charge in [-0.1, -0.05) is 80.1 Å². The first-order valence-electron chi connectivity index (χ1n) is 10.5. The summed E-state index contributed by atoms with van der Waals surface area (Å²) in [7, 11) is -2.04. The van der Waals surface area contributed by atoms with Crippen molar-refractivity contribution >= 4 is 8.56 Å². The molecule has 0 saturated heterocycles. The first-order valence-corrected chi connectivity index (χ1v) is 12.7. The van der Waals surface area contributed by atoms with Crippen molar-refractivity contribution in [1.29, 1.82) is 0 Å². The molecule has 0 bridgehead atoms. The highest BCUT2D eigenvalue weighted by Gasteiger charge is 2.38. The summed E-state index contributed by atoms with van der Waals surface area (Å²) in [5.74, 6) is 0. The average molecular weight is 345 g/mol. The third-order valence-corrected chi connectivity index (χ3v) is 8.50. The monoisotopic (exact) mass is 344 g/mol. The molecule has 0 fully saturated rings. The highest BCUT2D eigenvalue weighted by atomic mass is 28.4. The first kappa shape index (κ1) is 23.1. The topological polar surface area (TPSA) is 18.5 Å². The van der Waals surface area contributed by atoms with Crippen LogP contribution < -0.4 is 0 Å². The van der Waals surface area contributed by atoms with Crippen molar-refractivity contribution in [3.05, 3.63) is 0 Å². The third-order valence-electron chi connectivity index (χ3n) is 4.82. The molecular weight excluding hydrogens is 300 g/mol. The van der Waals surface area contributed by atoms with Crippen molar-refractivity contribution in [2.45, 2.75) is 130 Å². The zero-order valence-corrected chi connectivity index (χ0v) is 18.0. The van der Waals surface area contributed by atoms with E-state index in [1.807, 2.05) is 0 Å². The molecule has 140 valence electrons. The molecule has 2 atom stereocenters. The van der Waals surface area contributed by atoms with Crippen molar-refractivity contribution in [2.24, 2.45) is 0 Å². The summed E-state index contributed by atoms with van der Waals surface area (Å²) in [6.07, 6.45) is 13.1. The molecule has 0 N–H and O–H groups in total. The lowest BCUT2D eigenvalue weighted by atomic mass is 10.1. The number of unbranched alkanes of at least 4 members (excludes halogenated alkanes) is 2. The lowest BCUT2D eigenvalue weighted by Gasteiger charge is -2.36. The normalized spacial score (nSPS) is 14.9. The largest absolute Gasteiger partial charge is 0.391 e. The van der Waals surface area contributed by atoms with Gasteiger partial charge in [0.1, 0.15) is 0 Å². The minimum absolute atomic E-state index is 0.417. The zero-order valence-electron chi connectivity index (χ0n) is 17.0. The van der Waals surface area contributed by atoms with Gasteiger partial charge in [-0.05, 0) is 37.8 Å². The maximum Gasteiger partial charge on any atom is 0.338 e. The molecule has 0 aromatic heterocycles. The van der Waals surface area contributed by atoms with Crippen LogP contribution in [0.2, 0.25) is 12.1 Å². The van der Waals surface area contributed by atoms with Crippen LogP contribution in [0.25, 0.3) is 0 Å². The Morgan fingerprint density at radius 3 is 1.22 bits per heavy atom. The molecule has 0 heterocycles. The summed E-state index contributed by atoms with van der Waals surface area (Å²) in [6.45, 7) is 13.6. The summed E-state index contributed by atoms with van der Waals surface area (Å²) in [4.78, 5) is 0. The van der Waals surface area contributed by atoms with E-state index >= 15 is 0 Å².